The molecule has 23 heavy (non-hydrogen) atoms. The Morgan fingerprint density at radius 3 is 2.39 bits per heavy atom. The molecule has 0 bridgehead atoms. The third kappa shape index (κ3) is 4.58. The number of esters is 1. The fourth-order valence-corrected chi connectivity index (χ4v) is 2.54. The van der Waals surface area contributed by atoms with E-state index in [9.17, 15) is 4.79 Å². The van der Waals surface area contributed by atoms with E-state index in [0.29, 0.717) is 12.4 Å². The van der Waals surface area contributed by atoms with E-state index in [0.717, 1.165) is 16.5 Å². The summed E-state index contributed by atoms with van der Waals surface area (Å²) in [7, 11) is 0. The monoisotopic (exact) mass is 376 g/mol. The van der Waals surface area contributed by atoms with Crippen molar-refractivity contribution < 1.29 is 14.3 Å². The van der Waals surface area contributed by atoms with Gasteiger partial charge in [-0.25, -0.2) is 4.79 Å². The Balaban J connectivity index is 2.20. The smallest absolute Gasteiger partial charge is 0.349 e. The zero-order valence-electron chi connectivity index (χ0n) is 13.6. The van der Waals surface area contributed by atoms with Crippen LogP contribution in [-0.4, -0.2) is 18.2 Å². The average Bonchev–Trinajstić information content (AvgIpc) is 2.55. The van der Waals surface area contributed by atoms with E-state index in [1.807, 2.05) is 24.3 Å². The van der Waals surface area contributed by atoms with Crippen LogP contribution in [0.2, 0.25) is 0 Å². The van der Waals surface area contributed by atoms with Crippen LogP contribution >= 0.6 is 15.9 Å². The first-order valence-corrected chi connectivity index (χ1v) is 8.70. The largest absolute Gasteiger partial charge is 0.476 e. The van der Waals surface area contributed by atoms with Gasteiger partial charge in [0.05, 0.1) is 6.61 Å². The van der Waals surface area contributed by atoms with Gasteiger partial charge in [0.15, 0.2) is 5.60 Å². The molecule has 0 aliphatic carbocycles. The quantitative estimate of drug-likeness (QED) is 0.527. The van der Waals surface area contributed by atoms with E-state index in [-0.39, 0.29) is 5.97 Å². The van der Waals surface area contributed by atoms with Gasteiger partial charge in [-0.2, -0.15) is 0 Å². The summed E-state index contributed by atoms with van der Waals surface area (Å²) in [5.74, 6) is 0.275. The summed E-state index contributed by atoms with van der Waals surface area (Å²) in [6.07, 6.45) is 0. The van der Waals surface area contributed by atoms with E-state index in [1.165, 1.54) is 5.56 Å². The van der Waals surface area contributed by atoms with Gasteiger partial charge in [-0.1, -0.05) is 52.3 Å². The van der Waals surface area contributed by atoms with Crippen LogP contribution in [0.3, 0.4) is 0 Å². The second kappa shape index (κ2) is 7.64. The van der Waals surface area contributed by atoms with Gasteiger partial charge in [0.25, 0.3) is 0 Å². The van der Waals surface area contributed by atoms with Crippen LogP contribution in [0.15, 0.2) is 48.5 Å². The Morgan fingerprint density at radius 1 is 1.09 bits per heavy atom. The van der Waals surface area contributed by atoms with Crippen molar-refractivity contribution in [2.75, 3.05) is 6.61 Å². The van der Waals surface area contributed by atoms with Crippen LogP contribution in [0.25, 0.3) is 11.1 Å². The first-order chi connectivity index (χ1) is 11.0. The third-order valence-electron chi connectivity index (χ3n) is 3.42. The van der Waals surface area contributed by atoms with Crippen molar-refractivity contribution in [2.24, 2.45) is 0 Å². The zero-order valence-corrected chi connectivity index (χ0v) is 15.2. The van der Waals surface area contributed by atoms with Gasteiger partial charge in [0.2, 0.25) is 0 Å². The molecule has 0 saturated carbocycles. The molecule has 0 spiro atoms. The lowest BCUT2D eigenvalue weighted by molar-refractivity contribution is -0.158. The SMILES string of the molecule is CCOC(=O)C(C)(C)Oc1cccc(-c2ccc(CBr)cc2)c1. The minimum Gasteiger partial charge on any atom is -0.476 e. The summed E-state index contributed by atoms with van der Waals surface area (Å²) in [4.78, 5) is 11.9. The van der Waals surface area contributed by atoms with Gasteiger partial charge >= 0.3 is 5.97 Å². The van der Waals surface area contributed by atoms with Crippen LogP contribution < -0.4 is 4.74 Å². The molecule has 4 heteroatoms. The van der Waals surface area contributed by atoms with Gasteiger partial charge < -0.3 is 9.47 Å². The van der Waals surface area contributed by atoms with Crippen LogP contribution in [0.1, 0.15) is 26.3 Å². The number of carbonyl (C=O) groups is 1. The Kier molecular flexibility index (Phi) is 5.83. The molecule has 0 aliphatic heterocycles. The maximum atomic E-state index is 11.9. The molecule has 2 aromatic carbocycles. The second-order valence-corrected chi connectivity index (χ2v) is 6.25. The minimum atomic E-state index is -1.02. The fourth-order valence-electron chi connectivity index (χ4n) is 2.17. The summed E-state index contributed by atoms with van der Waals surface area (Å²) in [6.45, 7) is 5.54. The lowest BCUT2D eigenvalue weighted by Crippen LogP contribution is -2.39. The molecule has 0 atom stereocenters. The van der Waals surface area contributed by atoms with Gasteiger partial charge in [-0.15, -0.1) is 0 Å². The molecule has 2 rings (SSSR count). The highest BCUT2D eigenvalue weighted by Gasteiger charge is 2.31. The van der Waals surface area contributed by atoms with Crippen LogP contribution in [-0.2, 0) is 14.9 Å². The first-order valence-electron chi connectivity index (χ1n) is 7.58. The van der Waals surface area contributed by atoms with Gasteiger partial charge in [0, 0.05) is 5.33 Å². The normalized spacial score (nSPS) is 11.1. The number of carbonyl (C=O) groups excluding carboxylic acids is 1. The van der Waals surface area contributed by atoms with Crippen molar-refractivity contribution in [3.05, 3.63) is 54.1 Å². The Morgan fingerprint density at radius 2 is 1.78 bits per heavy atom. The van der Waals surface area contributed by atoms with Crippen LogP contribution in [0.5, 0.6) is 5.75 Å². The molecule has 0 amide bonds. The number of ether oxygens (including phenoxy) is 2. The highest BCUT2D eigenvalue weighted by molar-refractivity contribution is 9.08. The predicted octanol–water partition coefficient (Wildman–Crippen LogP) is 4.97. The molecule has 0 radical (unpaired) electrons. The predicted molar refractivity (Wildman–Crippen MR) is 95.8 cm³/mol. The van der Waals surface area contributed by atoms with E-state index < -0.39 is 5.60 Å². The molecule has 2 aromatic rings. The van der Waals surface area contributed by atoms with Crippen molar-refractivity contribution in [3.8, 4) is 16.9 Å². The van der Waals surface area contributed by atoms with E-state index >= 15 is 0 Å². The minimum absolute atomic E-state index is 0.339. The molecular weight excluding hydrogens is 356 g/mol. The fraction of sp³-hybridized carbons (Fsp3) is 0.316. The topological polar surface area (TPSA) is 35.5 Å². The zero-order chi connectivity index (χ0) is 16.9. The van der Waals surface area contributed by atoms with E-state index in [2.05, 4.69) is 40.2 Å². The number of rotatable bonds is 6. The number of alkyl halides is 1. The van der Waals surface area contributed by atoms with Crippen LogP contribution in [0, 0.1) is 0 Å². The molecule has 0 aliphatic rings. The van der Waals surface area contributed by atoms with E-state index in [1.54, 1.807) is 20.8 Å². The third-order valence-corrected chi connectivity index (χ3v) is 4.06. The van der Waals surface area contributed by atoms with Gasteiger partial charge in [-0.3, -0.25) is 0 Å². The summed E-state index contributed by atoms with van der Waals surface area (Å²) < 4.78 is 10.9. The molecular formula is C19H21BrO3. The van der Waals surface area contributed by atoms with Crippen molar-refractivity contribution in [1.82, 2.24) is 0 Å². The highest BCUT2D eigenvalue weighted by atomic mass is 79.9. The summed E-state index contributed by atoms with van der Waals surface area (Å²) in [5, 5.41) is 0.837. The van der Waals surface area contributed by atoms with Crippen molar-refractivity contribution in [2.45, 2.75) is 31.7 Å². The lowest BCUT2D eigenvalue weighted by Gasteiger charge is -2.24. The Hall–Kier alpha value is -1.81. The molecule has 122 valence electrons. The molecule has 0 heterocycles. The summed E-state index contributed by atoms with van der Waals surface area (Å²) in [5.41, 5.74) is 2.36. The maximum Gasteiger partial charge on any atom is 0.349 e. The molecule has 0 saturated heterocycles. The second-order valence-electron chi connectivity index (χ2n) is 5.69. The Bertz CT molecular complexity index is 663. The number of hydrogen-bond donors (Lipinski definition) is 0. The van der Waals surface area contributed by atoms with Gasteiger partial charge in [0.1, 0.15) is 5.75 Å². The Labute approximate surface area is 145 Å². The van der Waals surface area contributed by atoms with Crippen molar-refractivity contribution >= 4 is 21.9 Å². The number of hydrogen-bond acceptors (Lipinski definition) is 3. The van der Waals surface area contributed by atoms with E-state index in [4.69, 9.17) is 9.47 Å². The lowest BCUT2D eigenvalue weighted by atomic mass is 10.0. The first kappa shape index (κ1) is 17.5. The molecule has 0 unspecified atom stereocenters. The molecule has 3 nitrogen and oxygen atoms in total. The standard InChI is InChI=1S/C19H21BrO3/c1-4-22-18(21)19(2,3)23-17-7-5-6-16(12-17)15-10-8-14(13-20)9-11-15/h5-12H,4,13H2,1-3H3. The number of halogens is 1. The molecule has 0 N–H and O–H groups in total. The number of benzene rings is 2. The highest BCUT2D eigenvalue weighted by Crippen LogP contribution is 2.27. The van der Waals surface area contributed by atoms with Crippen molar-refractivity contribution in [3.63, 3.8) is 0 Å². The van der Waals surface area contributed by atoms with Crippen LogP contribution in [0.4, 0.5) is 0 Å². The average molecular weight is 377 g/mol. The maximum absolute atomic E-state index is 11.9. The van der Waals surface area contributed by atoms with Crippen molar-refractivity contribution in [1.29, 1.82) is 0 Å². The summed E-state index contributed by atoms with van der Waals surface area (Å²) >= 11 is 3.45. The molecule has 0 aromatic heterocycles. The molecule has 0 fully saturated rings. The van der Waals surface area contributed by atoms with Gasteiger partial charge in [-0.05, 0) is 49.6 Å². The summed E-state index contributed by atoms with van der Waals surface area (Å²) in [6, 6.07) is 16.0.